The van der Waals surface area contributed by atoms with Gasteiger partial charge in [-0.1, -0.05) is 12.1 Å². The van der Waals surface area contributed by atoms with E-state index < -0.39 is 6.10 Å². The van der Waals surface area contributed by atoms with E-state index >= 15 is 0 Å². The fraction of sp³-hybridized carbons (Fsp3) is 0.286. The Morgan fingerprint density at radius 3 is 2.53 bits per heavy atom. The standard InChI is InChI=1S/C14H15FN2O2/c1-9-7-14(17-16-10(9)2)19-8-13(18)11-3-5-12(15)6-4-11/h3-7,13,18H,8H2,1-2H3/t13-/m1/s1. The van der Waals surface area contributed by atoms with Gasteiger partial charge in [0.05, 0.1) is 5.69 Å². The van der Waals surface area contributed by atoms with Gasteiger partial charge >= 0.3 is 0 Å². The molecule has 2 rings (SSSR count). The predicted molar refractivity (Wildman–Crippen MR) is 68.4 cm³/mol. The molecule has 1 heterocycles. The second-order valence-corrected chi connectivity index (χ2v) is 4.33. The maximum absolute atomic E-state index is 12.8. The molecule has 0 aliphatic heterocycles. The van der Waals surface area contributed by atoms with Gasteiger partial charge < -0.3 is 9.84 Å². The third kappa shape index (κ3) is 3.48. The lowest BCUT2D eigenvalue weighted by Crippen LogP contribution is -2.11. The van der Waals surface area contributed by atoms with Crippen LogP contribution in [-0.4, -0.2) is 21.9 Å². The Bertz CT molecular complexity index is 558. The molecule has 4 nitrogen and oxygen atoms in total. The van der Waals surface area contributed by atoms with Gasteiger partial charge in [-0.15, -0.1) is 5.10 Å². The van der Waals surface area contributed by atoms with E-state index in [9.17, 15) is 9.50 Å². The number of aryl methyl sites for hydroxylation is 2. The summed E-state index contributed by atoms with van der Waals surface area (Å²) in [6, 6.07) is 7.41. The number of benzene rings is 1. The number of aliphatic hydroxyl groups excluding tert-OH is 1. The summed E-state index contributed by atoms with van der Waals surface area (Å²) >= 11 is 0. The predicted octanol–water partition coefficient (Wildman–Crippen LogP) is 2.34. The SMILES string of the molecule is Cc1cc(OC[C@@H](O)c2ccc(F)cc2)nnc1C. The molecule has 0 amide bonds. The Balaban J connectivity index is 1.98. The molecule has 19 heavy (non-hydrogen) atoms. The minimum atomic E-state index is -0.830. The van der Waals surface area contributed by atoms with Crippen LogP contribution in [0.3, 0.4) is 0 Å². The van der Waals surface area contributed by atoms with Gasteiger partial charge in [0, 0.05) is 6.07 Å². The van der Waals surface area contributed by atoms with Crippen molar-refractivity contribution in [1.29, 1.82) is 0 Å². The van der Waals surface area contributed by atoms with Crippen LogP contribution in [0.1, 0.15) is 22.9 Å². The Hall–Kier alpha value is -2.01. The number of hydrogen-bond donors (Lipinski definition) is 1. The number of halogens is 1. The molecule has 0 saturated heterocycles. The van der Waals surface area contributed by atoms with E-state index in [1.54, 1.807) is 6.07 Å². The number of aromatic nitrogens is 2. The summed E-state index contributed by atoms with van der Waals surface area (Å²) in [6.45, 7) is 3.82. The van der Waals surface area contributed by atoms with Crippen LogP contribution in [0.2, 0.25) is 0 Å². The molecule has 0 radical (unpaired) electrons. The van der Waals surface area contributed by atoms with Crippen molar-refractivity contribution in [2.45, 2.75) is 20.0 Å². The van der Waals surface area contributed by atoms with E-state index in [1.807, 2.05) is 13.8 Å². The number of hydrogen-bond acceptors (Lipinski definition) is 4. The van der Waals surface area contributed by atoms with E-state index in [-0.39, 0.29) is 12.4 Å². The van der Waals surface area contributed by atoms with Crippen LogP contribution in [-0.2, 0) is 0 Å². The van der Waals surface area contributed by atoms with Gasteiger partial charge in [-0.05, 0) is 37.1 Å². The van der Waals surface area contributed by atoms with Gasteiger partial charge in [0.15, 0.2) is 0 Å². The molecule has 0 aliphatic rings. The summed E-state index contributed by atoms with van der Waals surface area (Å²) in [7, 11) is 0. The van der Waals surface area contributed by atoms with Crippen LogP contribution < -0.4 is 4.74 Å². The molecule has 5 heteroatoms. The van der Waals surface area contributed by atoms with Crippen molar-refractivity contribution in [3.05, 3.63) is 53.0 Å². The van der Waals surface area contributed by atoms with Crippen LogP contribution >= 0.6 is 0 Å². The van der Waals surface area contributed by atoms with E-state index in [0.717, 1.165) is 11.3 Å². The van der Waals surface area contributed by atoms with Gasteiger partial charge in [-0.25, -0.2) is 4.39 Å². The molecular formula is C14H15FN2O2. The molecule has 100 valence electrons. The third-order valence-electron chi connectivity index (χ3n) is 2.85. The Morgan fingerprint density at radius 2 is 1.89 bits per heavy atom. The maximum atomic E-state index is 12.8. The Kier molecular flexibility index (Phi) is 4.06. The number of nitrogens with zero attached hydrogens (tertiary/aromatic N) is 2. The van der Waals surface area contributed by atoms with Gasteiger partial charge in [0.2, 0.25) is 5.88 Å². The third-order valence-corrected chi connectivity index (χ3v) is 2.85. The second kappa shape index (κ2) is 5.75. The zero-order valence-corrected chi connectivity index (χ0v) is 10.8. The van der Waals surface area contributed by atoms with Crippen molar-refractivity contribution in [2.75, 3.05) is 6.61 Å². The molecule has 1 aromatic carbocycles. The Morgan fingerprint density at radius 1 is 1.21 bits per heavy atom. The van der Waals surface area contributed by atoms with Crippen LogP contribution in [0.5, 0.6) is 5.88 Å². The first-order chi connectivity index (χ1) is 9.06. The lowest BCUT2D eigenvalue weighted by Gasteiger charge is -2.12. The highest BCUT2D eigenvalue weighted by Gasteiger charge is 2.09. The monoisotopic (exact) mass is 262 g/mol. The zero-order valence-electron chi connectivity index (χ0n) is 10.8. The average molecular weight is 262 g/mol. The maximum Gasteiger partial charge on any atom is 0.233 e. The van der Waals surface area contributed by atoms with Crippen LogP contribution in [0.25, 0.3) is 0 Å². The van der Waals surface area contributed by atoms with Crippen molar-refractivity contribution in [3.63, 3.8) is 0 Å². The largest absolute Gasteiger partial charge is 0.473 e. The van der Waals surface area contributed by atoms with E-state index in [0.29, 0.717) is 11.4 Å². The summed E-state index contributed by atoms with van der Waals surface area (Å²) < 4.78 is 18.1. The lowest BCUT2D eigenvalue weighted by atomic mass is 10.1. The molecular weight excluding hydrogens is 247 g/mol. The highest BCUT2D eigenvalue weighted by molar-refractivity contribution is 5.22. The topological polar surface area (TPSA) is 55.2 Å². The first-order valence-corrected chi connectivity index (χ1v) is 5.93. The van der Waals surface area contributed by atoms with E-state index in [4.69, 9.17) is 4.74 Å². The molecule has 1 aromatic heterocycles. The van der Waals surface area contributed by atoms with Crippen LogP contribution in [0, 0.1) is 19.7 Å². The van der Waals surface area contributed by atoms with Crippen molar-refractivity contribution in [1.82, 2.24) is 10.2 Å². The van der Waals surface area contributed by atoms with Crippen molar-refractivity contribution < 1.29 is 14.2 Å². The molecule has 1 N–H and O–H groups in total. The van der Waals surface area contributed by atoms with Gasteiger partial charge in [-0.3, -0.25) is 0 Å². The minimum Gasteiger partial charge on any atom is -0.473 e. The molecule has 0 aliphatic carbocycles. The molecule has 0 fully saturated rings. The first kappa shape index (κ1) is 13.4. The Labute approximate surface area is 110 Å². The highest BCUT2D eigenvalue weighted by Crippen LogP contribution is 2.16. The molecule has 0 unspecified atom stereocenters. The minimum absolute atomic E-state index is 0.0445. The quantitative estimate of drug-likeness (QED) is 0.919. The summed E-state index contributed by atoms with van der Waals surface area (Å²) in [4.78, 5) is 0. The lowest BCUT2D eigenvalue weighted by molar-refractivity contribution is 0.105. The summed E-state index contributed by atoms with van der Waals surface area (Å²) in [5, 5.41) is 17.7. The normalized spacial score (nSPS) is 12.2. The van der Waals surface area contributed by atoms with Gasteiger partial charge in [0.1, 0.15) is 18.5 Å². The number of rotatable bonds is 4. The summed E-state index contributed by atoms with van der Waals surface area (Å²) in [6.07, 6.45) is -0.830. The highest BCUT2D eigenvalue weighted by atomic mass is 19.1. The van der Waals surface area contributed by atoms with Crippen molar-refractivity contribution in [2.24, 2.45) is 0 Å². The molecule has 0 spiro atoms. The molecule has 0 saturated carbocycles. The number of aliphatic hydroxyl groups is 1. The van der Waals surface area contributed by atoms with Crippen molar-refractivity contribution in [3.8, 4) is 5.88 Å². The zero-order chi connectivity index (χ0) is 13.8. The summed E-state index contributed by atoms with van der Waals surface area (Å²) in [5.41, 5.74) is 2.41. The second-order valence-electron chi connectivity index (χ2n) is 4.33. The average Bonchev–Trinajstić information content (AvgIpc) is 2.40. The molecule has 1 atom stereocenters. The summed E-state index contributed by atoms with van der Waals surface area (Å²) in [5.74, 6) is 0.0288. The van der Waals surface area contributed by atoms with Crippen molar-refractivity contribution >= 4 is 0 Å². The van der Waals surface area contributed by atoms with Crippen LogP contribution in [0.4, 0.5) is 4.39 Å². The first-order valence-electron chi connectivity index (χ1n) is 5.93. The fourth-order valence-electron chi connectivity index (χ4n) is 1.54. The van der Waals surface area contributed by atoms with E-state index in [2.05, 4.69) is 10.2 Å². The van der Waals surface area contributed by atoms with E-state index in [1.165, 1.54) is 24.3 Å². The van der Waals surface area contributed by atoms with Gasteiger partial charge in [-0.2, -0.15) is 5.10 Å². The fourth-order valence-corrected chi connectivity index (χ4v) is 1.54. The molecule has 0 bridgehead atoms. The smallest absolute Gasteiger partial charge is 0.233 e. The molecule has 2 aromatic rings. The van der Waals surface area contributed by atoms with Crippen LogP contribution in [0.15, 0.2) is 30.3 Å². The number of ether oxygens (including phenoxy) is 1. The van der Waals surface area contributed by atoms with Gasteiger partial charge in [0.25, 0.3) is 0 Å².